The second kappa shape index (κ2) is 4.51. The molecule has 3 nitrogen and oxygen atoms in total. The van der Waals surface area contributed by atoms with Crippen LogP contribution in [0.5, 0.6) is 0 Å². The highest BCUT2D eigenvalue weighted by molar-refractivity contribution is 7.16. The highest BCUT2D eigenvalue weighted by Crippen LogP contribution is 2.22. The van der Waals surface area contributed by atoms with Crippen molar-refractivity contribution in [1.82, 2.24) is 4.98 Å². The summed E-state index contributed by atoms with van der Waals surface area (Å²) >= 11 is 7.37. The fraction of sp³-hybridized carbons (Fsp3) is 0.100. The number of nitrogen functional groups attached to an aromatic ring is 1. The molecule has 0 spiro atoms. The molecule has 0 radical (unpaired) electrons. The molecule has 15 heavy (non-hydrogen) atoms. The van der Waals surface area contributed by atoms with Crippen molar-refractivity contribution in [2.75, 3.05) is 11.1 Å². The van der Waals surface area contributed by atoms with Crippen LogP contribution >= 0.6 is 22.9 Å². The summed E-state index contributed by atoms with van der Waals surface area (Å²) in [6.07, 6.45) is 1.71. The van der Waals surface area contributed by atoms with Crippen molar-refractivity contribution in [2.45, 2.75) is 6.54 Å². The van der Waals surface area contributed by atoms with E-state index in [1.54, 1.807) is 17.5 Å². The maximum atomic E-state index is 5.82. The van der Waals surface area contributed by atoms with Crippen molar-refractivity contribution >= 4 is 34.4 Å². The number of thiophene rings is 1. The van der Waals surface area contributed by atoms with Crippen molar-refractivity contribution in [2.24, 2.45) is 0 Å². The highest BCUT2D eigenvalue weighted by atomic mass is 35.5. The van der Waals surface area contributed by atoms with Crippen molar-refractivity contribution in [3.8, 4) is 0 Å². The Kier molecular flexibility index (Phi) is 3.08. The second-order valence-electron chi connectivity index (χ2n) is 3.00. The Morgan fingerprint density at radius 1 is 1.40 bits per heavy atom. The largest absolute Gasteiger partial charge is 0.396 e. The highest BCUT2D eigenvalue weighted by Gasteiger charge is 2.00. The molecule has 2 heterocycles. The summed E-state index contributed by atoms with van der Waals surface area (Å²) in [6, 6.07) is 7.49. The first-order valence-corrected chi connectivity index (χ1v) is 5.64. The zero-order chi connectivity index (χ0) is 10.7. The maximum absolute atomic E-state index is 5.82. The molecule has 0 aromatic carbocycles. The minimum atomic E-state index is 0.653. The van der Waals surface area contributed by atoms with Gasteiger partial charge in [-0.25, -0.2) is 4.98 Å². The molecule has 0 aliphatic heterocycles. The van der Waals surface area contributed by atoms with Crippen LogP contribution in [0.25, 0.3) is 0 Å². The fourth-order valence-corrected chi connectivity index (χ4v) is 2.21. The zero-order valence-electron chi connectivity index (χ0n) is 7.90. The van der Waals surface area contributed by atoms with Crippen LogP contribution in [0.4, 0.5) is 11.5 Å². The van der Waals surface area contributed by atoms with Gasteiger partial charge in [0.05, 0.1) is 16.6 Å². The quantitative estimate of drug-likeness (QED) is 0.866. The van der Waals surface area contributed by atoms with Gasteiger partial charge in [0.2, 0.25) is 0 Å². The number of pyridine rings is 1. The van der Waals surface area contributed by atoms with E-state index in [2.05, 4.69) is 10.3 Å². The van der Waals surface area contributed by atoms with Gasteiger partial charge in [0.25, 0.3) is 0 Å². The van der Waals surface area contributed by atoms with Crippen LogP contribution in [0.15, 0.2) is 30.5 Å². The van der Waals surface area contributed by atoms with Gasteiger partial charge in [-0.1, -0.05) is 11.6 Å². The van der Waals surface area contributed by atoms with Crippen LogP contribution in [0.3, 0.4) is 0 Å². The number of anilines is 2. The topological polar surface area (TPSA) is 50.9 Å². The summed E-state index contributed by atoms with van der Waals surface area (Å²) in [6.45, 7) is 0.693. The first-order chi connectivity index (χ1) is 7.25. The number of nitrogens with one attached hydrogen (secondary N) is 1. The summed E-state index contributed by atoms with van der Waals surface area (Å²) in [4.78, 5) is 5.29. The number of rotatable bonds is 3. The van der Waals surface area contributed by atoms with E-state index in [1.807, 2.05) is 24.3 Å². The normalized spacial score (nSPS) is 10.2. The van der Waals surface area contributed by atoms with E-state index in [4.69, 9.17) is 17.3 Å². The molecule has 0 bridgehead atoms. The molecule has 0 unspecified atom stereocenters. The molecule has 2 aromatic rings. The third kappa shape index (κ3) is 2.61. The Balaban J connectivity index is 2.02. The van der Waals surface area contributed by atoms with Crippen LogP contribution in [0.1, 0.15) is 4.88 Å². The molecule has 0 saturated heterocycles. The molecule has 0 atom stereocenters. The summed E-state index contributed by atoms with van der Waals surface area (Å²) < 4.78 is 0.792. The van der Waals surface area contributed by atoms with Gasteiger partial charge in [0, 0.05) is 11.1 Å². The van der Waals surface area contributed by atoms with E-state index in [-0.39, 0.29) is 0 Å². The average Bonchev–Trinajstić information content (AvgIpc) is 2.63. The third-order valence-corrected chi connectivity index (χ3v) is 3.13. The van der Waals surface area contributed by atoms with Crippen LogP contribution in [0.2, 0.25) is 4.34 Å². The SMILES string of the molecule is Nc1cccnc1NCc1ccc(Cl)s1. The number of hydrogen-bond acceptors (Lipinski definition) is 4. The van der Waals surface area contributed by atoms with Crippen molar-refractivity contribution < 1.29 is 0 Å². The Labute approximate surface area is 96.9 Å². The number of halogens is 1. The lowest BCUT2D eigenvalue weighted by Gasteiger charge is -2.05. The van der Waals surface area contributed by atoms with E-state index in [1.165, 1.54) is 0 Å². The van der Waals surface area contributed by atoms with Gasteiger partial charge in [-0.15, -0.1) is 11.3 Å². The van der Waals surface area contributed by atoms with Crippen LogP contribution in [-0.4, -0.2) is 4.98 Å². The van der Waals surface area contributed by atoms with Crippen LogP contribution in [0, 0.1) is 0 Å². The van der Waals surface area contributed by atoms with Gasteiger partial charge in [-0.3, -0.25) is 0 Å². The minimum Gasteiger partial charge on any atom is -0.396 e. The molecule has 0 saturated carbocycles. The van der Waals surface area contributed by atoms with E-state index in [9.17, 15) is 0 Å². The lowest BCUT2D eigenvalue weighted by atomic mass is 10.4. The predicted molar refractivity (Wildman–Crippen MR) is 65.3 cm³/mol. The van der Waals surface area contributed by atoms with Gasteiger partial charge in [0.15, 0.2) is 0 Å². The molecule has 2 aromatic heterocycles. The molecule has 3 N–H and O–H groups in total. The number of hydrogen-bond donors (Lipinski definition) is 2. The van der Waals surface area contributed by atoms with Crippen molar-refractivity contribution in [3.63, 3.8) is 0 Å². The second-order valence-corrected chi connectivity index (χ2v) is 4.80. The summed E-state index contributed by atoms with van der Waals surface area (Å²) in [5.41, 5.74) is 6.40. The minimum absolute atomic E-state index is 0.653. The molecule has 0 aliphatic carbocycles. The molecule has 5 heteroatoms. The molecule has 0 aliphatic rings. The average molecular weight is 240 g/mol. The summed E-state index contributed by atoms with van der Waals surface area (Å²) in [5.74, 6) is 0.710. The van der Waals surface area contributed by atoms with Gasteiger partial charge >= 0.3 is 0 Å². The number of nitrogens with two attached hydrogens (primary N) is 1. The van der Waals surface area contributed by atoms with Gasteiger partial charge in [-0.05, 0) is 24.3 Å². The van der Waals surface area contributed by atoms with Crippen LogP contribution < -0.4 is 11.1 Å². The fourth-order valence-electron chi connectivity index (χ4n) is 1.18. The summed E-state index contributed by atoms with van der Waals surface area (Å²) in [5, 5.41) is 3.16. The Bertz CT molecular complexity index is 455. The van der Waals surface area contributed by atoms with E-state index >= 15 is 0 Å². The lowest BCUT2D eigenvalue weighted by molar-refractivity contribution is 1.14. The Hall–Kier alpha value is -1.26. The first-order valence-electron chi connectivity index (χ1n) is 4.44. The van der Waals surface area contributed by atoms with Crippen molar-refractivity contribution in [3.05, 3.63) is 39.7 Å². The first kappa shape index (κ1) is 10.3. The maximum Gasteiger partial charge on any atom is 0.149 e. The number of nitrogens with zero attached hydrogens (tertiary/aromatic N) is 1. The van der Waals surface area contributed by atoms with E-state index < -0.39 is 0 Å². The van der Waals surface area contributed by atoms with Gasteiger partial charge < -0.3 is 11.1 Å². The Morgan fingerprint density at radius 3 is 2.93 bits per heavy atom. The molecule has 2 rings (SSSR count). The zero-order valence-corrected chi connectivity index (χ0v) is 9.48. The number of aromatic nitrogens is 1. The molecule has 0 amide bonds. The molecular formula is C10H10ClN3S. The van der Waals surface area contributed by atoms with Gasteiger partial charge in [0.1, 0.15) is 5.82 Å². The van der Waals surface area contributed by atoms with E-state index in [0.717, 1.165) is 9.21 Å². The van der Waals surface area contributed by atoms with E-state index in [0.29, 0.717) is 18.1 Å². The standard InChI is InChI=1S/C10H10ClN3S/c11-9-4-3-7(15-9)6-14-10-8(12)2-1-5-13-10/h1-5H,6,12H2,(H,13,14). The monoisotopic (exact) mass is 239 g/mol. The molecular weight excluding hydrogens is 230 g/mol. The molecule has 0 fully saturated rings. The Morgan fingerprint density at radius 2 is 2.27 bits per heavy atom. The predicted octanol–water partition coefficient (Wildman–Crippen LogP) is 2.99. The lowest BCUT2D eigenvalue weighted by Crippen LogP contribution is -2.02. The third-order valence-electron chi connectivity index (χ3n) is 1.90. The summed E-state index contributed by atoms with van der Waals surface area (Å²) in [7, 11) is 0. The van der Waals surface area contributed by atoms with Crippen molar-refractivity contribution in [1.29, 1.82) is 0 Å². The van der Waals surface area contributed by atoms with Gasteiger partial charge in [-0.2, -0.15) is 0 Å². The van der Waals surface area contributed by atoms with Crippen LogP contribution in [-0.2, 0) is 6.54 Å². The smallest absolute Gasteiger partial charge is 0.149 e. The molecule has 78 valence electrons.